The molecule has 1 atom stereocenters. The Morgan fingerprint density at radius 1 is 0.970 bits per heavy atom. The van der Waals surface area contributed by atoms with E-state index in [1.165, 1.54) is 0 Å². The number of benzene rings is 2. The van der Waals surface area contributed by atoms with E-state index >= 15 is 0 Å². The van der Waals surface area contributed by atoms with Gasteiger partial charge in [0.2, 0.25) is 5.91 Å². The van der Waals surface area contributed by atoms with Gasteiger partial charge in [0.1, 0.15) is 11.8 Å². The lowest BCUT2D eigenvalue weighted by molar-refractivity contribution is -0.134. The minimum absolute atomic E-state index is 0.00272. The quantitative estimate of drug-likeness (QED) is 0.669. The number of rotatable bonds is 8. The van der Waals surface area contributed by atoms with Crippen molar-refractivity contribution in [2.45, 2.75) is 32.7 Å². The maximum absolute atomic E-state index is 13.3. The van der Waals surface area contributed by atoms with Gasteiger partial charge in [0.25, 0.3) is 11.8 Å². The van der Waals surface area contributed by atoms with E-state index in [0.29, 0.717) is 55.9 Å². The van der Waals surface area contributed by atoms with Crippen LogP contribution in [0.2, 0.25) is 0 Å². The number of hydrogen-bond donors (Lipinski definition) is 1. The molecule has 3 amide bonds. The van der Waals surface area contributed by atoms with Crippen LogP contribution in [0.3, 0.4) is 0 Å². The van der Waals surface area contributed by atoms with Gasteiger partial charge >= 0.3 is 0 Å². The first-order valence-corrected chi connectivity index (χ1v) is 11.6. The monoisotopic (exact) mass is 451 g/mol. The highest BCUT2D eigenvalue weighted by Gasteiger charge is 2.35. The lowest BCUT2D eigenvalue weighted by Crippen LogP contribution is -2.54. The summed E-state index contributed by atoms with van der Waals surface area (Å²) in [5.41, 5.74) is 1.14. The van der Waals surface area contributed by atoms with Gasteiger partial charge in [-0.25, -0.2) is 0 Å². The molecule has 2 aromatic rings. The first kappa shape index (κ1) is 24.3. The average Bonchev–Trinajstić information content (AvgIpc) is 2.88. The standard InChI is InChI=1S/C26H33N3O4/c1-4-28(5-2)26(32)23(27-24(30)20-11-13-22(33-3)14-12-20)19-15-17-29(18-16-19)25(31)21-9-7-6-8-10-21/h6-14,19,23H,4-5,15-18H2,1-3H3,(H,27,30)/t23-/m1/s1. The molecule has 7 heteroatoms. The number of carbonyl (C=O) groups is 3. The number of hydrogen-bond acceptors (Lipinski definition) is 4. The van der Waals surface area contributed by atoms with Gasteiger partial charge in [-0.05, 0) is 69.0 Å². The summed E-state index contributed by atoms with van der Waals surface area (Å²) in [5, 5.41) is 2.99. The van der Waals surface area contributed by atoms with Crippen LogP contribution in [0.15, 0.2) is 54.6 Å². The third-order valence-corrected chi connectivity index (χ3v) is 6.30. The van der Waals surface area contributed by atoms with Crippen molar-refractivity contribution in [3.63, 3.8) is 0 Å². The number of likely N-dealkylation sites (N-methyl/N-ethyl adjacent to an activating group) is 1. The van der Waals surface area contributed by atoms with Crippen molar-refractivity contribution in [3.05, 3.63) is 65.7 Å². The summed E-state index contributed by atoms with van der Waals surface area (Å²) in [6.45, 7) is 6.14. The van der Waals surface area contributed by atoms with Crippen molar-refractivity contribution in [2.24, 2.45) is 5.92 Å². The molecule has 3 rings (SSSR count). The van der Waals surface area contributed by atoms with E-state index in [1.807, 2.05) is 49.1 Å². The van der Waals surface area contributed by atoms with Gasteiger partial charge in [-0.2, -0.15) is 0 Å². The molecule has 0 bridgehead atoms. The number of amides is 3. The van der Waals surface area contributed by atoms with Gasteiger partial charge in [0, 0.05) is 37.3 Å². The van der Waals surface area contributed by atoms with E-state index in [2.05, 4.69) is 5.32 Å². The summed E-state index contributed by atoms with van der Waals surface area (Å²) in [5.74, 6) is 0.265. The number of piperidine rings is 1. The molecule has 1 fully saturated rings. The van der Waals surface area contributed by atoms with E-state index in [9.17, 15) is 14.4 Å². The maximum atomic E-state index is 13.3. The van der Waals surface area contributed by atoms with Crippen molar-refractivity contribution < 1.29 is 19.1 Å². The molecule has 0 unspecified atom stereocenters. The van der Waals surface area contributed by atoms with Crippen molar-refractivity contribution in [3.8, 4) is 5.75 Å². The molecule has 7 nitrogen and oxygen atoms in total. The van der Waals surface area contributed by atoms with Crippen molar-refractivity contribution in [1.82, 2.24) is 15.1 Å². The summed E-state index contributed by atoms with van der Waals surface area (Å²) >= 11 is 0. The minimum atomic E-state index is -0.631. The maximum Gasteiger partial charge on any atom is 0.253 e. The lowest BCUT2D eigenvalue weighted by atomic mass is 9.87. The van der Waals surface area contributed by atoms with Crippen LogP contribution in [0, 0.1) is 5.92 Å². The van der Waals surface area contributed by atoms with Crippen molar-refractivity contribution in [1.29, 1.82) is 0 Å². The molecule has 33 heavy (non-hydrogen) atoms. The van der Waals surface area contributed by atoms with Crippen LogP contribution in [0.1, 0.15) is 47.4 Å². The van der Waals surface area contributed by atoms with Gasteiger partial charge in [-0.15, -0.1) is 0 Å². The summed E-state index contributed by atoms with van der Waals surface area (Å²) in [6, 6.07) is 15.4. The third-order valence-electron chi connectivity index (χ3n) is 6.30. The molecule has 1 aliphatic rings. The van der Waals surface area contributed by atoms with Crippen LogP contribution in [0.5, 0.6) is 5.75 Å². The number of methoxy groups -OCH3 is 1. The first-order valence-electron chi connectivity index (χ1n) is 11.6. The number of likely N-dealkylation sites (tertiary alicyclic amines) is 1. The zero-order valence-electron chi connectivity index (χ0n) is 19.6. The SMILES string of the molecule is CCN(CC)C(=O)[C@H](NC(=O)c1ccc(OC)cc1)C1CCN(C(=O)c2ccccc2)CC1. The van der Waals surface area contributed by atoms with E-state index in [0.717, 1.165) is 0 Å². The van der Waals surface area contributed by atoms with Crippen LogP contribution in [-0.2, 0) is 4.79 Å². The molecule has 2 aromatic carbocycles. The predicted molar refractivity (Wildman–Crippen MR) is 127 cm³/mol. The van der Waals surface area contributed by atoms with Crippen molar-refractivity contribution in [2.75, 3.05) is 33.3 Å². The normalized spacial score (nSPS) is 14.9. The summed E-state index contributed by atoms with van der Waals surface area (Å²) in [6.07, 6.45) is 1.30. The van der Waals surface area contributed by atoms with E-state index in [4.69, 9.17) is 4.74 Å². The van der Waals surface area contributed by atoms with E-state index in [-0.39, 0.29) is 23.6 Å². The van der Waals surface area contributed by atoms with E-state index in [1.54, 1.807) is 36.3 Å². The molecule has 1 saturated heterocycles. The highest BCUT2D eigenvalue weighted by atomic mass is 16.5. The Balaban J connectivity index is 1.72. The lowest BCUT2D eigenvalue weighted by Gasteiger charge is -2.37. The Labute approximate surface area is 195 Å². The van der Waals surface area contributed by atoms with Gasteiger partial charge in [0.15, 0.2) is 0 Å². The Kier molecular flexibility index (Phi) is 8.46. The van der Waals surface area contributed by atoms with Crippen LogP contribution in [-0.4, -0.2) is 66.9 Å². The third kappa shape index (κ3) is 5.92. The van der Waals surface area contributed by atoms with Crippen LogP contribution in [0.25, 0.3) is 0 Å². The fraction of sp³-hybridized carbons (Fsp3) is 0.423. The molecule has 1 heterocycles. The Morgan fingerprint density at radius 2 is 1.58 bits per heavy atom. The predicted octanol–water partition coefficient (Wildman–Crippen LogP) is 3.21. The van der Waals surface area contributed by atoms with Crippen LogP contribution < -0.4 is 10.1 Å². The highest BCUT2D eigenvalue weighted by molar-refractivity contribution is 5.98. The molecule has 0 aromatic heterocycles. The average molecular weight is 452 g/mol. The molecule has 0 aliphatic carbocycles. The largest absolute Gasteiger partial charge is 0.497 e. The molecular formula is C26H33N3O4. The van der Waals surface area contributed by atoms with Gasteiger partial charge in [-0.1, -0.05) is 18.2 Å². The second-order valence-electron chi connectivity index (χ2n) is 8.19. The Hall–Kier alpha value is -3.35. The van der Waals surface area contributed by atoms with Crippen LogP contribution >= 0.6 is 0 Å². The molecule has 0 radical (unpaired) electrons. The molecule has 1 N–H and O–H groups in total. The minimum Gasteiger partial charge on any atom is -0.497 e. The number of nitrogens with one attached hydrogen (secondary N) is 1. The zero-order valence-corrected chi connectivity index (χ0v) is 19.6. The molecule has 176 valence electrons. The van der Waals surface area contributed by atoms with Gasteiger partial charge in [0.05, 0.1) is 7.11 Å². The van der Waals surface area contributed by atoms with Gasteiger partial charge < -0.3 is 19.9 Å². The number of ether oxygens (including phenoxy) is 1. The number of nitrogens with zero attached hydrogens (tertiary/aromatic N) is 2. The van der Waals surface area contributed by atoms with Crippen LogP contribution in [0.4, 0.5) is 0 Å². The summed E-state index contributed by atoms with van der Waals surface area (Å²) in [7, 11) is 1.57. The zero-order chi connectivity index (χ0) is 23.8. The molecule has 0 spiro atoms. The summed E-state index contributed by atoms with van der Waals surface area (Å²) < 4.78 is 5.16. The molecule has 0 saturated carbocycles. The first-order chi connectivity index (χ1) is 16.0. The second-order valence-corrected chi connectivity index (χ2v) is 8.19. The second kappa shape index (κ2) is 11.5. The molecular weight excluding hydrogens is 418 g/mol. The Morgan fingerprint density at radius 3 is 2.12 bits per heavy atom. The smallest absolute Gasteiger partial charge is 0.253 e. The topological polar surface area (TPSA) is 79.0 Å². The fourth-order valence-corrected chi connectivity index (χ4v) is 4.28. The fourth-order valence-electron chi connectivity index (χ4n) is 4.28. The van der Waals surface area contributed by atoms with Crippen molar-refractivity contribution >= 4 is 17.7 Å². The Bertz CT molecular complexity index is 934. The molecule has 1 aliphatic heterocycles. The highest BCUT2D eigenvalue weighted by Crippen LogP contribution is 2.24. The van der Waals surface area contributed by atoms with Gasteiger partial charge in [-0.3, -0.25) is 14.4 Å². The van der Waals surface area contributed by atoms with E-state index < -0.39 is 6.04 Å². The number of carbonyl (C=O) groups excluding carboxylic acids is 3. The summed E-state index contributed by atoms with van der Waals surface area (Å²) in [4.78, 5) is 42.7.